The first kappa shape index (κ1) is 13.2. The standard InChI is InChI=1S/C13H16N4O2S/c1-8-9(6-7-12(18)19)15-16-17(8)13-14-10-4-2-3-5-11(10)20-13/h2-7H2,1H3,(H,18,19). The topological polar surface area (TPSA) is 80.9 Å². The molecule has 20 heavy (non-hydrogen) atoms. The molecule has 1 aliphatic rings. The van der Waals surface area contributed by atoms with E-state index in [2.05, 4.69) is 15.3 Å². The van der Waals surface area contributed by atoms with E-state index >= 15 is 0 Å². The Hall–Kier alpha value is -1.76. The third-order valence-electron chi connectivity index (χ3n) is 3.58. The van der Waals surface area contributed by atoms with Gasteiger partial charge in [0.2, 0.25) is 5.13 Å². The minimum absolute atomic E-state index is 0.0773. The van der Waals surface area contributed by atoms with Crippen LogP contribution in [-0.4, -0.2) is 31.1 Å². The van der Waals surface area contributed by atoms with Crippen LogP contribution in [0.5, 0.6) is 0 Å². The van der Waals surface area contributed by atoms with Gasteiger partial charge >= 0.3 is 5.97 Å². The van der Waals surface area contributed by atoms with Crippen molar-refractivity contribution in [2.24, 2.45) is 0 Å². The fraction of sp³-hybridized carbons (Fsp3) is 0.538. The third-order valence-corrected chi connectivity index (χ3v) is 4.71. The van der Waals surface area contributed by atoms with Crippen molar-refractivity contribution in [1.29, 1.82) is 0 Å². The number of hydrogen-bond acceptors (Lipinski definition) is 5. The predicted octanol–water partition coefficient (Wildman–Crippen LogP) is 1.93. The van der Waals surface area contributed by atoms with E-state index in [0.29, 0.717) is 6.42 Å². The molecule has 7 heteroatoms. The number of thiazole rings is 1. The van der Waals surface area contributed by atoms with E-state index in [0.717, 1.165) is 29.4 Å². The third kappa shape index (κ3) is 2.45. The molecule has 2 aromatic heterocycles. The van der Waals surface area contributed by atoms with Crippen LogP contribution in [0.1, 0.15) is 41.2 Å². The van der Waals surface area contributed by atoms with Gasteiger partial charge in [-0.15, -0.1) is 5.10 Å². The molecule has 0 radical (unpaired) electrons. The van der Waals surface area contributed by atoms with Gasteiger partial charge in [0.1, 0.15) is 0 Å². The summed E-state index contributed by atoms with van der Waals surface area (Å²) in [6.07, 6.45) is 5.07. The van der Waals surface area contributed by atoms with Crippen molar-refractivity contribution in [2.45, 2.75) is 45.4 Å². The van der Waals surface area contributed by atoms with Crippen molar-refractivity contribution in [2.75, 3.05) is 0 Å². The highest BCUT2D eigenvalue weighted by Gasteiger charge is 2.19. The van der Waals surface area contributed by atoms with Crippen molar-refractivity contribution in [3.05, 3.63) is 22.0 Å². The first-order chi connectivity index (χ1) is 9.65. The summed E-state index contributed by atoms with van der Waals surface area (Å²) in [5.74, 6) is -0.816. The van der Waals surface area contributed by atoms with E-state index < -0.39 is 5.97 Å². The summed E-state index contributed by atoms with van der Waals surface area (Å²) < 4.78 is 1.74. The SMILES string of the molecule is Cc1c(CCC(=O)O)nnn1-c1nc2c(s1)CCCC2. The average molecular weight is 292 g/mol. The summed E-state index contributed by atoms with van der Waals surface area (Å²) in [6, 6.07) is 0. The van der Waals surface area contributed by atoms with Gasteiger partial charge in [0.15, 0.2) is 0 Å². The molecule has 1 N–H and O–H groups in total. The number of fused-ring (bicyclic) bond motifs is 1. The number of nitrogens with zero attached hydrogens (tertiary/aromatic N) is 4. The van der Waals surface area contributed by atoms with Crippen molar-refractivity contribution in [3.63, 3.8) is 0 Å². The lowest BCUT2D eigenvalue weighted by Gasteiger charge is -2.06. The summed E-state index contributed by atoms with van der Waals surface area (Å²) in [5, 5.41) is 17.8. The number of carbonyl (C=O) groups is 1. The highest BCUT2D eigenvalue weighted by atomic mass is 32.1. The van der Waals surface area contributed by atoms with Crippen LogP contribution in [0.15, 0.2) is 0 Å². The maximum Gasteiger partial charge on any atom is 0.303 e. The molecule has 0 amide bonds. The highest BCUT2D eigenvalue weighted by molar-refractivity contribution is 7.14. The molecule has 0 fully saturated rings. The number of aromatic nitrogens is 4. The van der Waals surface area contributed by atoms with Gasteiger partial charge in [-0.2, -0.15) is 4.68 Å². The molecular weight excluding hydrogens is 276 g/mol. The summed E-state index contributed by atoms with van der Waals surface area (Å²) >= 11 is 1.67. The van der Waals surface area contributed by atoms with Crippen LogP contribution in [0.3, 0.4) is 0 Å². The molecule has 2 aromatic rings. The van der Waals surface area contributed by atoms with Crippen LogP contribution in [0, 0.1) is 6.92 Å². The van der Waals surface area contributed by atoms with Crippen molar-refractivity contribution >= 4 is 17.3 Å². The minimum Gasteiger partial charge on any atom is -0.481 e. The van der Waals surface area contributed by atoms with E-state index in [9.17, 15) is 4.79 Å². The van der Waals surface area contributed by atoms with Crippen molar-refractivity contribution in [1.82, 2.24) is 20.0 Å². The fourth-order valence-electron chi connectivity index (χ4n) is 2.43. The zero-order chi connectivity index (χ0) is 14.1. The zero-order valence-corrected chi connectivity index (χ0v) is 12.1. The molecule has 0 bridgehead atoms. The first-order valence-corrected chi connectivity index (χ1v) is 7.58. The molecule has 106 valence electrons. The number of hydrogen-bond donors (Lipinski definition) is 1. The molecule has 3 rings (SSSR count). The van der Waals surface area contributed by atoms with Crippen LogP contribution in [0.4, 0.5) is 0 Å². The number of aliphatic carboxylic acids is 1. The zero-order valence-electron chi connectivity index (χ0n) is 11.3. The van der Waals surface area contributed by atoms with Gasteiger partial charge in [0.05, 0.1) is 23.5 Å². The maximum absolute atomic E-state index is 10.6. The van der Waals surface area contributed by atoms with E-state index in [-0.39, 0.29) is 6.42 Å². The minimum atomic E-state index is -0.816. The van der Waals surface area contributed by atoms with Gasteiger partial charge in [-0.05, 0) is 32.6 Å². The Balaban J connectivity index is 1.87. The van der Waals surface area contributed by atoms with Crippen molar-refractivity contribution < 1.29 is 9.90 Å². The summed E-state index contributed by atoms with van der Waals surface area (Å²) in [6.45, 7) is 1.91. The Morgan fingerprint density at radius 3 is 2.95 bits per heavy atom. The van der Waals surface area contributed by atoms with Crippen LogP contribution in [-0.2, 0) is 24.1 Å². The molecule has 0 saturated heterocycles. The van der Waals surface area contributed by atoms with Crippen LogP contribution >= 0.6 is 11.3 Å². The Kier molecular flexibility index (Phi) is 3.52. The smallest absolute Gasteiger partial charge is 0.303 e. The Bertz CT molecular complexity index is 623. The van der Waals surface area contributed by atoms with Crippen molar-refractivity contribution in [3.8, 4) is 5.13 Å². The molecule has 0 aromatic carbocycles. The second kappa shape index (κ2) is 5.32. The lowest BCUT2D eigenvalue weighted by Crippen LogP contribution is -2.02. The van der Waals surface area contributed by atoms with Gasteiger partial charge in [0, 0.05) is 11.3 Å². The molecule has 0 unspecified atom stereocenters. The quantitative estimate of drug-likeness (QED) is 0.931. The van der Waals surface area contributed by atoms with Gasteiger partial charge < -0.3 is 5.11 Å². The summed E-state index contributed by atoms with van der Waals surface area (Å²) in [5.41, 5.74) is 2.82. The lowest BCUT2D eigenvalue weighted by molar-refractivity contribution is -0.136. The van der Waals surface area contributed by atoms with E-state index in [1.54, 1.807) is 16.0 Å². The van der Waals surface area contributed by atoms with Crippen LogP contribution < -0.4 is 0 Å². The van der Waals surface area contributed by atoms with E-state index in [1.165, 1.54) is 23.4 Å². The normalized spacial score (nSPS) is 14.2. The maximum atomic E-state index is 10.6. The van der Waals surface area contributed by atoms with Gasteiger partial charge in [-0.3, -0.25) is 4.79 Å². The number of aryl methyl sites for hydroxylation is 3. The Morgan fingerprint density at radius 1 is 1.40 bits per heavy atom. The predicted molar refractivity (Wildman–Crippen MR) is 74.4 cm³/mol. The molecule has 0 spiro atoms. The Morgan fingerprint density at radius 2 is 2.20 bits per heavy atom. The molecule has 0 aliphatic heterocycles. The Labute approximate surface area is 120 Å². The van der Waals surface area contributed by atoms with Gasteiger partial charge in [-0.1, -0.05) is 16.6 Å². The largest absolute Gasteiger partial charge is 0.481 e. The van der Waals surface area contributed by atoms with Gasteiger partial charge in [0.25, 0.3) is 0 Å². The highest BCUT2D eigenvalue weighted by Crippen LogP contribution is 2.29. The van der Waals surface area contributed by atoms with E-state index in [1.807, 2.05) is 6.92 Å². The first-order valence-electron chi connectivity index (χ1n) is 6.77. The molecule has 1 aliphatic carbocycles. The number of rotatable bonds is 4. The van der Waals surface area contributed by atoms with E-state index in [4.69, 9.17) is 5.11 Å². The molecule has 2 heterocycles. The second-order valence-corrected chi connectivity index (χ2v) is 6.06. The fourth-order valence-corrected chi connectivity index (χ4v) is 3.58. The molecular formula is C13H16N4O2S. The molecule has 0 saturated carbocycles. The summed E-state index contributed by atoms with van der Waals surface area (Å²) in [7, 11) is 0. The second-order valence-electron chi connectivity index (χ2n) is 5.00. The summed E-state index contributed by atoms with van der Waals surface area (Å²) in [4.78, 5) is 16.6. The lowest BCUT2D eigenvalue weighted by atomic mass is 10.0. The van der Waals surface area contributed by atoms with Crippen LogP contribution in [0.25, 0.3) is 5.13 Å². The van der Waals surface area contributed by atoms with Crippen LogP contribution in [0.2, 0.25) is 0 Å². The van der Waals surface area contributed by atoms with Gasteiger partial charge in [-0.25, -0.2) is 4.98 Å². The monoisotopic (exact) mass is 292 g/mol. The average Bonchev–Trinajstić information content (AvgIpc) is 2.99. The number of carboxylic acids is 1. The number of carboxylic acid groups (broad SMARTS) is 1. The molecule has 0 atom stereocenters. The molecule has 6 nitrogen and oxygen atoms in total.